The molecule has 0 spiro atoms. The van der Waals surface area contributed by atoms with E-state index in [4.69, 9.17) is 4.74 Å². The van der Waals surface area contributed by atoms with Gasteiger partial charge in [0.25, 0.3) is 0 Å². The zero-order valence-electron chi connectivity index (χ0n) is 15.8. The molecule has 0 bridgehead atoms. The molecule has 26 heavy (non-hydrogen) atoms. The third-order valence-corrected chi connectivity index (χ3v) is 5.53. The van der Waals surface area contributed by atoms with Crippen LogP contribution in [0.2, 0.25) is 0 Å². The van der Waals surface area contributed by atoms with E-state index in [-0.39, 0.29) is 5.91 Å². The second-order valence-corrected chi connectivity index (χ2v) is 7.55. The van der Waals surface area contributed by atoms with Crippen molar-refractivity contribution in [2.45, 2.75) is 45.1 Å². The van der Waals surface area contributed by atoms with Crippen molar-refractivity contribution in [3.63, 3.8) is 0 Å². The highest BCUT2D eigenvalue weighted by atomic mass is 16.5. The molecule has 144 valence electrons. The lowest BCUT2D eigenvalue weighted by molar-refractivity contribution is -0.121. The fourth-order valence-electron chi connectivity index (χ4n) is 3.80. The molecular weight excluding hydrogens is 326 g/mol. The Morgan fingerprint density at radius 3 is 2.62 bits per heavy atom. The van der Waals surface area contributed by atoms with Crippen molar-refractivity contribution in [3.05, 3.63) is 29.8 Å². The number of hydrogen-bond donors (Lipinski definition) is 2. The Labute approximate surface area is 157 Å². The third kappa shape index (κ3) is 6.61. The van der Waals surface area contributed by atoms with Gasteiger partial charge in [-0.05, 0) is 81.9 Å². The minimum absolute atomic E-state index is 0.162. The van der Waals surface area contributed by atoms with Crippen LogP contribution in [0.15, 0.2) is 24.3 Å². The van der Waals surface area contributed by atoms with E-state index in [1.807, 2.05) is 24.3 Å². The van der Waals surface area contributed by atoms with E-state index in [1.165, 1.54) is 38.8 Å². The van der Waals surface area contributed by atoms with Gasteiger partial charge in [-0.15, -0.1) is 0 Å². The largest absolute Gasteiger partial charge is 0.492 e. The van der Waals surface area contributed by atoms with Crippen LogP contribution in [0.5, 0.6) is 5.75 Å². The Morgan fingerprint density at radius 2 is 1.88 bits per heavy atom. The molecule has 0 aliphatic carbocycles. The van der Waals surface area contributed by atoms with E-state index < -0.39 is 0 Å². The number of nitrogens with zero attached hydrogens (tertiary/aromatic N) is 1. The number of benzene rings is 1. The molecule has 0 saturated carbocycles. The summed E-state index contributed by atoms with van der Waals surface area (Å²) in [5, 5.41) is 6.40. The van der Waals surface area contributed by atoms with Crippen LogP contribution < -0.4 is 15.4 Å². The molecule has 2 heterocycles. The monoisotopic (exact) mass is 359 g/mol. The van der Waals surface area contributed by atoms with Crippen LogP contribution >= 0.6 is 0 Å². The quantitative estimate of drug-likeness (QED) is 0.711. The van der Waals surface area contributed by atoms with Crippen LogP contribution in [0.1, 0.15) is 44.1 Å². The molecule has 2 aliphatic rings. The van der Waals surface area contributed by atoms with Gasteiger partial charge in [-0.25, -0.2) is 0 Å². The van der Waals surface area contributed by atoms with Gasteiger partial charge in [-0.3, -0.25) is 9.69 Å². The molecule has 3 rings (SSSR count). The lowest BCUT2D eigenvalue weighted by Crippen LogP contribution is -2.29. The first-order chi connectivity index (χ1) is 12.8. The highest BCUT2D eigenvalue weighted by Crippen LogP contribution is 2.17. The van der Waals surface area contributed by atoms with Crippen molar-refractivity contribution in [1.82, 2.24) is 15.5 Å². The zero-order valence-corrected chi connectivity index (χ0v) is 15.8. The predicted octanol–water partition coefficient (Wildman–Crippen LogP) is 2.56. The summed E-state index contributed by atoms with van der Waals surface area (Å²) in [6.45, 7) is 6.96. The summed E-state index contributed by atoms with van der Waals surface area (Å²) in [5.41, 5.74) is 1.12. The molecule has 1 aromatic carbocycles. The number of ether oxygens (including phenoxy) is 1. The molecule has 0 atom stereocenters. The summed E-state index contributed by atoms with van der Waals surface area (Å²) in [6, 6.07) is 8.08. The number of nitrogens with one attached hydrogen (secondary N) is 2. The number of likely N-dealkylation sites (tertiary alicyclic amines) is 1. The van der Waals surface area contributed by atoms with Gasteiger partial charge in [0.05, 0.1) is 0 Å². The first-order valence-electron chi connectivity index (χ1n) is 10.2. The van der Waals surface area contributed by atoms with Gasteiger partial charge in [0, 0.05) is 19.5 Å². The minimum Gasteiger partial charge on any atom is -0.492 e. The van der Waals surface area contributed by atoms with Crippen molar-refractivity contribution >= 4 is 5.91 Å². The molecule has 0 radical (unpaired) electrons. The SMILES string of the molecule is O=C(CCC1CCNCC1)NCc1ccc(OCCN2CCCC2)cc1. The number of carbonyl (C=O) groups is 1. The average Bonchev–Trinajstić information content (AvgIpc) is 3.20. The van der Waals surface area contributed by atoms with Gasteiger partial charge in [-0.2, -0.15) is 0 Å². The minimum atomic E-state index is 0.162. The van der Waals surface area contributed by atoms with Crippen LogP contribution in [0.3, 0.4) is 0 Å². The van der Waals surface area contributed by atoms with Gasteiger partial charge < -0.3 is 15.4 Å². The van der Waals surface area contributed by atoms with Gasteiger partial charge in [0.15, 0.2) is 0 Å². The molecule has 2 fully saturated rings. The van der Waals surface area contributed by atoms with Gasteiger partial charge in [0.1, 0.15) is 12.4 Å². The summed E-state index contributed by atoms with van der Waals surface area (Å²) < 4.78 is 5.82. The van der Waals surface area contributed by atoms with Gasteiger partial charge >= 0.3 is 0 Å². The summed E-state index contributed by atoms with van der Waals surface area (Å²) in [7, 11) is 0. The zero-order chi connectivity index (χ0) is 18.0. The maximum Gasteiger partial charge on any atom is 0.220 e. The van der Waals surface area contributed by atoms with Gasteiger partial charge in [0.2, 0.25) is 5.91 Å². The fourth-order valence-corrected chi connectivity index (χ4v) is 3.80. The van der Waals surface area contributed by atoms with Gasteiger partial charge in [-0.1, -0.05) is 12.1 Å². The standard InChI is InChI=1S/C21H33N3O2/c25-21(8-5-18-9-11-22-12-10-18)23-17-19-3-6-20(7-4-19)26-16-15-24-13-1-2-14-24/h3-4,6-7,18,22H,1-2,5,8-17H2,(H,23,25). The second kappa shape index (κ2) is 10.5. The molecule has 2 saturated heterocycles. The first-order valence-corrected chi connectivity index (χ1v) is 10.2. The Bertz CT molecular complexity index is 535. The number of hydrogen-bond acceptors (Lipinski definition) is 4. The molecule has 2 N–H and O–H groups in total. The van der Waals surface area contributed by atoms with Crippen LogP contribution in [-0.2, 0) is 11.3 Å². The van der Waals surface area contributed by atoms with Crippen molar-refractivity contribution in [2.24, 2.45) is 5.92 Å². The lowest BCUT2D eigenvalue weighted by atomic mass is 9.93. The van der Waals surface area contributed by atoms with Crippen molar-refractivity contribution in [1.29, 1.82) is 0 Å². The molecule has 0 unspecified atom stereocenters. The van der Waals surface area contributed by atoms with Crippen LogP contribution in [0.25, 0.3) is 0 Å². The molecule has 5 heteroatoms. The molecule has 2 aliphatic heterocycles. The second-order valence-electron chi connectivity index (χ2n) is 7.55. The molecular formula is C21H33N3O2. The maximum atomic E-state index is 12.0. The van der Waals surface area contributed by atoms with E-state index in [0.717, 1.165) is 44.0 Å². The highest BCUT2D eigenvalue weighted by Gasteiger charge is 2.14. The van der Waals surface area contributed by atoms with E-state index >= 15 is 0 Å². The molecule has 0 aromatic heterocycles. The van der Waals surface area contributed by atoms with E-state index in [0.29, 0.717) is 18.9 Å². The number of amides is 1. The summed E-state index contributed by atoms with van der Waals surface area (Å²) >= 11 is 0. The number of piperidine rings is 1. The first kappa shape index (κ1) is 19.2. The number of rotatable bonds is 9. The van der Waals surface area contributed by atoms with E-state index in [1.54, 1.807) is 0 Å². The fraction of sp³-hybridized carbons (Fsp3) is 0.667. The summed E-state index contributed by atoms with van der Waals surface area (Å²) in [6.07, 6.45) is 6.69. The lowest BCUT2D eigenvalue weighted by Gasteiger charge is -2.22. The Morgan fingerprint density at radius 1 is 1.15 bits per heavy atom. The third-order valence-electron chi connectivity index (χ3n) is 5.53. The van der Waals surface area contributed by atoms with Crippen molar-refractivity contribution in [3.8, 4) is 5.75 Å². The topological polar surface area (TPSA) is 53.6 Å². The van der Waals surface area contributed by atoms with E-state index in [9.17, 15) is 4.79 Å². The smallest absolute Gasteiger partial charge is 0.220 e. The molecule has 1 aromatic rings. The molecule has 1 amide bonds. The summed E-state index contributed by atoms with van der Waals surface area (Å²) in [5.74, 6) is 1.78. The Hall–Kier alpha value is -1.59. The number of carbonyl (C=O) groups excluding carboxylic acids is 1. The maximum absolute atomic E-state index is 12.0. The average molecular weight is 360 g/mol. The van der Waals surface area contributed by atoms with Crippen LogP contribution in [0, 0.1) is 5.92 Å². The normalized spacial score (nSPS) is 18.8. The predicted molar refractivity (Wildman–Crippen MR) is 104 cm³/mol. The van der Waals surface area contributed by atoms with Crippen LogP contribution in [-0.4, -0.2) is 50.1 Å². The highest BCUT2D eigenvalue weighted by molar-refractivity contribution is 5.75. The van der Waals surface area contributed by atoms with Crippen molar-refractivity contribution in [2.75, 3.05) is 39.3 Å². The molecule has 5 nitrogen and oxygen atoms in total. The van der Waals surface area contributed by atoms with Crippen LogP contribution in [0.4, 0.5) is 0 Å². The van der Waals surface area contributed by atoms with Crippen molar-refractivity contribution < 1.29 is 9.53 Å². The Balaban J connectivity index is 1.29. The van der Waals surface area contributed by atoms with E-state index in [2.05, 4.69) is 15.5 Å². The summed E-state index contributed by atoms with van der Waals surface area (Å²) in [4.78, 5) is 14.5. The Kier molecular flexibility index (Phi) is 7.77.